The summed E-state index contributed by atoms with van der Waals surface area (Å²) in [7, 11) is 1.43. The molecular weight excluding hydrogens is 557 g/mol. The van der Waals surface area contributed by atoms with Gasteiger partial charge in [0.05, 0.1) is 27.7 Å². The molecule has 0 radical (unpaired) electrons. The molecule has 0 rings (SSSR count). The second-order valence-corrected chi connectivity index (χ2v) is 12.3. The second kappa shape index (κ2) is 25.2. The maximum atomic E-state index is 12.3. The minimum Gasteiger partial charge on any atom is -0.462 e. The number of carbonyl (C=O) groups excluding carboxylic acids is 2. The molecule has 0 spiro atoms. The molecule has 0 aromatic carbocycles. The van der Waals surface area contributed by atoms with Gasteiger partial charge in [0.25, 0.3) is 0 Å². The van der Waals surface area contributed by atoms with Gasteiger partial charge in [-0.25, -0.2) is 4.57 Å². The lowest BCUT2D eigenvalue weighted by atomic mass is 10.1. The summed E-state index contributed by atoms with van der Waals surface area (Å²) in [6.07, 6.45) is 29.2. The largest absolute Gasteiger partial charge is 0.472 e. The summed E-state index contributed by atoms with van der Waals surface area (Å²) in [5.74, 6) is -1.04. The van der Waals surface area contributed by atoms with Gasteiger partial charge in [0, 0.05) is 13.3 Å². The lowest BCUT2D eigenvalue weighted by Crippen LogP contribution is -2.37. The molecule has 0 heterocycles. The molecule has 0 aliphatic carbocycles. The first kappa shape index (κ1) is 39.7. The third-order valence-electron chi connectivity index (χ3n) is 5.62. The third-order valence-corrected chi connectivity index (χ3v) is 6.60. The summed E-state index contributed by atoms with van der Waals surface area (Å²) in [5.41, 5.74) is 0. The molecule has 2 unspecified atom stereocenters. The summed E-state index contributed by atoms with van der Waals surface area (Å²) in [5, 5.41) is 0. The molecule has 0 bridgehead atoms. The van der Waals surface area contributed by atoms with Gasteiger partial charge < -0.3 is 18.9 Å². The van der Waals surface area contributed by atoms with Crippen LogP contribution in [0.4, 0.5) is 0 Å². The molecule has 240 valence electrons. The van der Waals surface area contributed by atoms with Crippen LogP contribution in [0.2, 0.25) is 0 Å². The SMILES string of the molecule is CC/C=C\C/C=C\C/C=C\C/C=C\C/C=C\CCCCCC(=O)OC(COC(C)=O)COP(=O)(O)OCC[N+](C)(C)C. The molecule has 0 aliphatic rings. The Morgan fingerprint density at radius 2 is 1.33 bits per heavy atom. The van der Waals surface area contributed by atoms with Crippen molar-refractivity contribution in [3.8, 4) is 0 Å². The molecule has 1 N–H and O–H groups in total. The van der Waals surface area contributed by atoms with Crippen molar-refractivity contribution >= 4 is 19.8 Å². The molecule has 0 saturated heterocycles. The molecule has 10 heteroatoms. The number of nitrogens with zero attached hydrogens (tertiary/aromatic N) is 1. The van der Waals surface area contributed by atoms with E-state index in [1.807, 2.05) is 21.1 Å². The lowest BCUT2D eigenvalue weighted by Gasteiger charge is -2.24. The monoisotopic (exact) mass is 612 g/mol. The van der Waals surface area contributed by atoms with Crippen molar-refractivity contribution in [1.82, 2.24) is 0 Å². The number of phosphoric acid groups is 1. The number of carbonyl (C=O) groups is 2. The Hall–Kier alpha value is -2.29. The van der Waals surface area contributed by atoms with Crippen LogP contribution in [-0.4, -0.2) is 74.9 Å². The number of allylic oxidation sites excluding steroid dienone is 10. The molecule has 0 amide bonds. The first-order valence-electron chi connectivity index (χ1n) is 15.0. The van der Waals surface area contributed by atoms with Crippen LogP contribution in [0.25, 0.3) is 0 Å². The number of hydrogen-bond acceptors (Lipinski definition) is 7. The number of rotatable bonds is 25. The highest BCUT2D eigenvalue weighted by Crippen LogP contribution is 2.43. The van der Waals surface area contributed by atoms with Crippen molar-refractivity contribution in [2.24, 2.45) is 0 Å². The Balaban J connectivity index is 4.12. The van der Waals surface area contributed by atoms with Crippen LogP contribution in [0, 0.1) is 0 Å². The van der Waals surface area contributed by atoms with Crippen molar-refractivity contribution in [3.05, 3.63) is 60.8 Å². The minimum absolute atomic E-state index is 0.0191. The first-order chi connectivity index (χ1) is 19.9. The average molecular weight is 613 g/mol. The Morgan fingerprint density at radius 3 is 1.86 bits per heavy atom. The topological polar surface area (TPSA) is 108 Å². The molecule has 0 aliphatic heterocycles. The second-order valence-electron chi connectivity index (χ2n) is 10.8. The number of quaternary nitrogens is 1. The van der Waals surface area contributed by atoms with Crippen molar-refractivity contribution < 1.29 is 42.1 Å². The van der Waals surface area contributed by atoms with Crippen LogP contribution in [-0.2, 0) is 32.7 Å². The predicted octanol–water partition coefficient (Wildman–Crippen LogP) is 7.00. The fraction of sp³-hybridized carbons (Fsp3) is 0.625. The number of hydrogen-bond donors (Lipinski definition) is 1. The summed E-state index contributed by atoms with van der Waals surface area (Å²) in [6.45, 7) is 3.18. The van der Waals surface area contributed by atoms with Gasteiger partial charge in [0.1, 0.15) is 19.8 Å². The van der Waals surface area contributed by atoms with Crippen LogP contribution < -0.4 is 0 Å². The van der Waals surface area contributed by atoms with Crippen LogP contribution in [0.15, 0.2) is 60.8 Å². The van der Waals surface area contributed by atoms with E-state index in [2.05, 4.69) is 67.7 Å². The number of ether oxygens (including phenoxy) is 2. The summed E-state index contributed by atoms with van der Waals surface area (Å²) in [4.78, 5) is 33.3. The zero-order valence-electron chi connectivity index (χ0n) is 26.4. The van der Waals surface area contributed by atoms with E-state index in [1.165, 1.54) is 6.92 Å². The van der Waals surface area contributed by atoms with E-state index < -0.39 is 32.5 Å². The van der Waals surface area contributed by atoms with Gasteiger partial charge in [-0.1, -0.05) is 74.1 Å². The highest BCUT2D eigenvalue weighted by Gasteiger charge is 2.26. The fourth-order valence-corrected chi connectivity index (χ4v) is 4.03. The fourth-order valence-electron chi connectivity index (χ4n) is 3.29. The highest BCUT2D eigenvalue weighted by atomic mass is 31.2. The van der Waals surface area contributed by atoms with Gasteiger partial charge in [-0.05, 0) is 51.4 Å². The van der Waals surface area contributed by atoms with E-state index in [0.717, 1.165) is 51.4 Å². The van der Waals surface area contributed by atoms with Crippen LogP contribution >= 0.6 is 7.82 Å². The van der Waals surface area contributed by atoms with E-state index in [4.69, 9.17) is 18.5 Å². The highest BCUT2D eigenvalue weighted by molar-refractivity contribution is 7.47. The van der Waals surface area contributed by atoms with E-state index in [-0.39, 0.29) is 19.6 Å². The van der Waals surface area contributed by atoms with Gasteiger partial charge in [-0.15, -0.1) is 0 Å². The zero-order chi connectivity index (χ0) is 31.5. The van der Waals surface area contributed by atoms with E-state index in [9.17, 15) is 19.0 Å². The smallest absolute Gasteiger partial charge is 0.462 e. The molecule has 42 heavy (non-hydrogen) atoms. The van der Waals surface area contributed by atoms with Gasteiger partial charge in [-0.3, -0.25) is 18.6 Å². The summed E-state index contributed by atoms with van der Waals surface area (Å²) < 4.78 is 32.9. The molecule has 0 fully saturated rings. The standard InChI is InChI=1S/C32H54NO8P/c1-6-7-8-9-10-11-12-13-14-15-16-17-18-19-20-21-22-23-24-25-32(35)41-31(28-38-30(2)34)29-40-42(36,37)39-27-26-33(3,4)5/h7-8,10-11,13-14,16-17,19-20,31H,6,9,12,15,18,21-29H2,1-5H3/p+1/b8-7-,11-10-,14-13-,17-16-,20-19-. The number of phosphoric ester groups is 1. The Morgan fingerprint density at radius 1 is 0.786 bits per heavy atom. The van der Waals surface area contributed by atoms with Crippen LogP contribution in [0.1, 0.15) is 78.1 Å². The summed E-state index contributed by atoms with van der Waals surface area (Å²) in [6, 6.07) is 0. The Labute approximate surface area is 254 Å². The van der Waals surface area contributed by atoms with Crippen molar-refractivity contribution in [2.45, 2.75) is 84.2 Å². The lowest BCUT2D eigenvalue weighted by molar-refractivity contribution is -0.870. The number of unbranched alkanes of at least 4 members (excludes halogenated alkanes) is 3. The average Bonchev–Trinajstić information content (AvgIpc) is 2.90. The van der Waals surface area contributed by atoms with Gasteiger partial charge in [0.2, 0.25) is 0 Å². The predicted molar refractivity (Wildman–Crippen MR) is 169 cm³/mol. The van der Waals surface area contributed by atoms with Gasteiger partial charge in [-0.2, -0.15) is 0 Å². The van der Waals surface area contributed by atoms with Gasteiger partial charge >= 0.3 is 19.8 Å². The van der Waals surface area contributed by atoms with E-state index in [0.29, 0.717) is 17.4 Å². The molecule has 0 aromatic rings. The maximum Gasteiger partial charge on any atom is 0.472 e. The molecule has 0 aromatic heterocycles. The quantitative estimate of drug-likeness (QED) is 0.0386. The molecule has 2 atom stereocenters. The molecular formula is C32H55NO8P+. The third kappa shape index (κ3) is 29.2. The zero-order valence-corrected chi connectivity index (χ0v) is 27.3. The van der Waals surface area contributed by atoms with Crippen molar-refractivity contribution in [3.63, 3.8) is 0 Å². The number of esters is 2. The van der Waals surface area contributed by atoms with Gasteiger partial charge in [0.15, 0.2) is 6.10 Å². The first-order valence-corrected chi connectivity index (χ1v) is 16.4. The maximum absolute atomic E-state index is 12.3. The Bertz CT molecular complexity index is 918. The Kier molecular flexibility index (Phi) is 23.9. The number of likely N-dealkylation sites (N-methyl/N-ethyl adjacent to an activating group) is 1. The van der Waals surface area contributed by atoms with Crippen LogP contribution in [0.3, 0.4) is 0 Å². The molecule has 9 nitrogen and oxygen atoms in total. The molecule has 0 saturated carbocycles. The van der Waals surface area contributed by atoms with E-state index >= 15 is 0 Å². The van der Waals surface area contributed by atoms with Crippen molar-refractivity contribution in [2.75, 3.05) is 47.5 Å². The summed E-state index contributed by atoms with van der Waals surface area (Å²) >= 11 is 0. The van der Waals surface area contributed by atoms with E-state index in [1.54, 1.807) is 0 Å². The van der Waals surface area contributed by atoms with Crippen LogP contribution in [0.5, 0.6) is 0 Å². The minimum atomic E-state index is -4.34. The normalized spacial score (nSPS) is 14.9. The van der Waals surface area contributed by atoms with Crippen molar-refractivity contribution in [1.29, 1.82) is 0 Å².